The largest absolute Gasteiger partial charge is 0.507 e. The second-order valence-electron chi connectivity index (χ2n) is 6.92. The highest BCUT2D eigenvalue weighted by Gasteiger charge is 2.35. The number of hydrogen-bond acceptors (Lipinski definition) is 3. The maximum atomic E-state index is 13.1. The van der Waals surface area contributed by atoms with Crippen LogP contribution in [0.2, 0.25) is 0 Å². The van der Waals surface area contributed by atoms with Crippen molar-refractivity contribution in [1.29, 1.82) is 0 Å². The normalized spacial score (nSPS) is 22.5. The highest BCUT2D eigenvalue weighted by Crippen LogP contribution is 2.29. The summed E-state index contributed by atoms with van der Waals surface area (Å²) in [6, 6.07) is 5.80. The van der Waals surface area contributed by atoms with E-state index in [0.29, 0.717) is 12.1 Å². The quantitative estimate of drug-likeness (QED) is 0.892. The molecule has 0 bridgehead atoms. The number of quaternary nitrogens is 1. The lowest BCUT2D eigenvalue weighted by Gasteiger charge is -2.33. The van der Waals surface area contributed by atoms with Crippen molar-refractivity contribution in [3.05, 3.63) is 50.1 Å². The summed E-state index contributed by atoms with van der Waals surface area (Å²) >= 11 is 1.68. The first-order valence-electron chi connectivity index (χ1n) is 8.84. The fourth-order valence-corrected chi connectivity index (χ4v) is 4.75. The Balaban J connectivity index is 2.12. The molecule has 0 amide bonds. The van der Waals surface area contributed by atoms with Gasteiger partial charge >= 0.3 is 0 Å². The molecule has 4 nitrogen and oxygen atoms in total. The van der Waals surface area contributed by atoms with Crippen LogP contribution >= 0.6 is 11.3 Å². The molecule has 0 unspecified atom stereocenters. The predicted octanol–water partition coefficient (Wildman–Crippen LogP) is 2.35. The highest BCUT2D eigenvalue weighted by molar-refractivity contribution is 7.10. The molecule has 24 heavy (non-hydrogen) atoms. The number of likely N-dealkylation sites (tertiary alicyclic amines) is 1. The third-order valence-corrected chi connectivity index (χ3v) is 6.22. The molecule has 0 aromatic carbocycles. The first kappa shape index (κ1) is 17.2. The van der Waals surface area contributed by atoms with E-state index < -0.39 is 0 Å². The Labute approximate surface area is 147 Å². The number of nitrogens with zero attached hydrogens (tertiary/aromatic N) is 1. The van der Waals surface area contributed by atoms with Gasteiger partial charge < -0.3 is 14.6 Å². The zero-order chi connectivity index (χ0) is 17.3. The molecule has 0 radical (unpaired) electrons. The molecule has 0 saturated carbocycles. The predicted molar refractivity (Wildman–Crippen MR) is 98.0 cm³/mol. The molecule has 2 aromatic rings. The molecule has 1 aliphatic rings. The summed E-state index contributed by atoms with van der Waals surface area (Å²) in [5.41, 5.74) is 1.34. The molecule has 1 fully saturated rings. The van der Waals surface area contributed by atoms with Crippen molar-refractivity contribution in [2.45, 2.75) is 46.2 Å². The molecule has 3 heterocycles. The van der Waals surface area contributed by atoms with Gasteiger partial charge in [0.05, 0.1) is 18.0 Å². The number of hydrogen-bond donors (Lipinski definition) is 2. The summed E-state index contributed by atoms with van der Waals surface area (Å²) in [5.74, 6) is 0.892. The van der Waals surface area contributed by atoms with Gasteiger partial charge in [-0.25, -0.2) is 0 Å². The van der Waals surface area contributed by atoms with Crippen molar-refractivity contribution < 1.29 is 10.0 Å². The van der Waals surface area contributed by atoms with Gasteiger partial charge in [0.2, 0.25) is 0 Å². The molecule has 130 valence electrons. The molecule has 2 aromatic heterocycles. The van der Waals surface area contributed by atoms with Crippen LogP contribution in [0.25, 0.3) is 0 Å². The maximum Gasteiger partial charge on any atom is 0.264 e. The first-order chi connectivity index (χ1) is 11.5. The smallest absolute Gasteiger partial charge is 0.264 e. The van der Waals surface area contributed by atoms with E-state index >= 15 is 0 Å². The monoisotopic (exact) mass is 347 g/mol. The van der Waals surface area contributed by atoms with Gasteiger partial charge in [0.25, 0.3) is 5.56 Å². The summed E-state index contributed by atoms with van der Waals surface area (Å²) in [4.78, 5) is 15.6. The van der Waals surface area contributed by atoms with Gasteiger partial charge in [-0.1, -0.05) is 13.0 Å². The van der Waals surface area contributed by atoms with Gasteiger partial charge in [-0.2, -0.15) is 0 Å². The van der Waals surface area contributed by atoms with Crippen LogP contribution < -0.4 is 10.5 Å². The number of rotatable bonds is 4. The topological polar surface area (TPSA) is 46.7 Å². The Morgan fingerprint density at radius 1 is 1.42 bits per heavy atom. The minimum Gasteiger partial charge on any atom is -0.507 e. The Hall–Kier alpha value is -1.59. The van der Waals surface area contributed by atoms with Crippen molar-refractivity contribution in [3.8, 4) is 5.75 Å². The highest BCUT2D eigenvalue weighted by atomic mass is 32.1. The van der Waals surface area contributed by atoms with Crippen molar-refractivity contribution in [2.75, 3.05) is 13.1 Å². The van der Waals surface area contributed by atoms with E-state index in [1.54, 1.807) is 22.0 Å². The van der Waals surface area contributed by atoms with Crippen molar-refractivity contribution in [1.82, 2.24) is 4.57 Å². The second kappa shape index (κ2) is 7.11. The van der Waals surface area contributed by atoms with E-state index in [9.17, 15) is 9.90 Å². The number of thiophene rings is 1. The molecule has 1 saturated heterocycles. The molecule has 0 spiro atoms. The SMILES string of the molecule is CCn1c(C)cc(O)c([C@H](c2cccs2)[NH+]2CCC(C)CC2)c1=O. The number of nitrogens with one attached hydrogen (secondary N) is 1. The minimum atomic E-state index is -0.0663. The molecule has 2 N–H and O–H groups in total. The number of aryl methyl sites for hydroxylation is 1. The zero-order valence-electron chi connectivity index (χ0n) is 14.7. The Morgan fingerprint density at radius 2 is 2.12 bits per heavy atom. The number of aromatic nitrogens is 1. The van der Waals surface area contributed by atoms with Gasteiger partial charge in [0.15, 0.2) is 6.04 Å². The lowest BCUT2D eigenvalue weighted by Crippen LogP contribution is -3.13. The summed E-state index contributed by atoms with van der Waals surface area (Å²) < 4.78 is 1.77. The van der Waals surface area contributed by atoms with Gasteiger partial charge in [-0.3, -0.25) is 4.79 Å². The van der Waals surface area contributed by atoms with Gasteiger partial charge in [-0.05, 0) is 50.1 Å². The second-order valence-corrected chi connectivity index (χ2v) is 7.90. The van der Waals surface area contributed by atoms with Crippen LogP contribution in [-0.4, -0.2) is 22.8 Å². The van der Waals surface area contributed by atoms with E-state index in [1.165, 1.54) is 22.6 Å². The van der Waals surface area contributed by atoms with Gasteiger partial charge in [0.1, 0.15) is 11.3 Å². The van der Waals surface area contributed by atoms with Crippen LogP contribution in [0.4, 0.5) is 0 Å². The number of piperidine rings is 1. The minimum absolute atomic E-state index is 0.0421. The standard InChI is InChI=1S/C19H26N2O2S/c1-4-21-14(3)12-15(22)17(19(21)23)18(16-6-5-11-24-16)20-9-7-13(2)8-10-20/h5-6,11-13,18,22H,4,7-10H2,1-3H3/p+1/t18-/m0/s1. The summed E-state index contributed by atoms with van der Waals surface area (Å²) in [6.07, 6.45) is 2.34. The molecule has 3 rings (SSSR count). The van der Waals surface area contributed by atoms with E-state index in [2.05, 4.69) is 18.4 Å². The lowest BCUT2D eigenvalue weighted by molar-refractivity contribution is -0.931. The summed E-state index contributed by atoms with van der Waals surface area (Å²) in [7, 11) is 0. The van der Waals surface area contributed by atoms with Crippen LogP contribution in [0.5, 0.6) is 5.75 Å². The van der Waals surface area contributed by atoms with Gasteiger partial charge in [-0.15, -0.1) is 11.3 Å². The fraction of sp³-hybridized carbons (Fsp3) is 0.526. The average molecular weight is 348 g/mol. The van der Waals surface area contributed by atoms with Crippen LogP contribution in [0.3, 0.4) is 0 Å². The summed E-state index contributed by atoms with van der Waals surface area (Å²) in [6.45, 7) is 8.87. The summed E-state index contributed by atoms with van der Waals surface area (Å²) in [5, 5.41) is 12.7. The number of aromatic hydroxyl groups is 1. The maximum absolute atomic E-state index is 13.1. The van der Waals surface area contributed by atoms with Crippen molar-refractivity contribution in [3.63, 3.8) is 0 Å². The van der Waals surface area contributed by atoms with E-state index in [1.807, 2.05) is 19.9 Å². The van der Waals surface area contributed by atoms with E-state index in [0.717, 1.165) is 24.7 Å². The zero-order valence-corrected chi connectivity index (χ0v) is 15.5. The lowest BCUT2D eigenvalue weighted by atomic mass is 9.95. The Morgan fingerprint density at radius 3 is 2.71 bits per heavy atom. The fourth-order valence-electron chi connectivity index (χ4n) is 3.86. The average Bonchev–Trinajstić information content (AvgIpc) is 3.06. The Kier molecular flexibility index (Phi) is 5.11. The molecule has 0 aliphatic carbocycles. The molecule has 1 atom stereocenters. The third kappa shape index (κ3) is 3.15. The van der Waals surface area contributed by atoms with Crippen molar-refractivity contribution in [2.24, 2.45) is 5.92 Å². The van der Waals surface area contributed by atoms with Crippen LogP contribution in [0.1, 0.15) is 48.9 Å². The first-order valence-corrected chi connectivity index (χ1v) is 9.72. The van der Waals surface area contributed by atoms with Gasteiger partial charge in [0, 0.05) is 12.2 Å². The van der Waals surface area contributed by atoms with E-state index in [4.69, 9.17) is 0 Å². The van der Waals surface area contributed by atoms with E-state index in [-0.39, 0.29) is 17.4 Å². The van der Waals surface area contributed by atoms with Crippen LogP contribution in [0.15, 0.2) is 28.4 Å². The molecular weight excluding hydrogens is 320 g/mol. The Bertz CT molecular complexity index is 743. The van der Waals surface area contributed by atoms with Crippen LogP contribution in [-0.2, 0) is 6.54 Å². The molecular formula is C19H27N2O2S+. The van der Waals surface area contributed by atoms with Crippen LogP contribution in [0, 0.1) is 12.8 Å². The molecule has 1 aliphatic heterocycles. The van der Waals surface area contributed by atoms with Crippen molar-refractivity contribution >= 4 is 11.3 Å². The number of pyridine rings is 1. The third-order valence-electron chi connectivity index (χ3n) is 5.28. The molecule has 5 heteroatoms.